The molecule has 2 rings (SSSR count). The van der Waals surface area contributed by atoms with Crippen molar-refractivity contribution in [1.29, 1.82) is 0 Å². The van der Waals surface area contributed by atoms with E-state index in [0.29, 0.717) is 36.9 Å². The van der Waals surface area contributed by atoms with Gasteiger partial charge in [-0.2, -0.15) is 0 Å². The Balaban J connectivity index is 1.79. The molecule has 0 saturated carbocycles. The number of likely N-dealkylation sites (tertiary alicyclic amines) is 1. The lowest BCUT2D eigenvalue weighted by Gasteiger charge is -2.32. The van der Waals surface area contributed by atoms with Gasteiger partial charge in [-0.3, -0.25) is 14.4 Å². The van der Waals surface area contributed by atoms with Crippen LogP contribution in [0.3, 0.4) is 0 Å². The minimum Gasteiger partial charge on any atom is -0.427 e. The molecule has 1 aliphatic rings. The lowest BCUT2D eigenvalue weighted by molar-refractivity contribution is -0.136. The first-order valence-corrected chi connectivity index (χ1v) is 8.33. The van der Waals surface area contributed by atoms with E-state index in [9.17, 15) is 14.4 Å². The summed E-state index contributed by atoms with van der Waals surface area (Å²) in [6.45, 7) is 3.36. The van der Waals surface area contributed by atoms with Crippen molar-refractivity contribution in [3.8, 4) is 5.75 Å². The zero-order chi connectivity index (χ0) is 18.2. The maximum atomic E-state index is 12.3. The van der Waals surface area contributed by atoms with Gasteiger partial charge in [0.1, 0.15) is 12.4 Å². The Kier molecular flexibility index (Phi) is 6.94. The first kappa shape index (κ1) is 18.9. The molecule has 0 aliphatic carbocycles. The smallest absolute Gasteiger partial charge is 0.308 e. The molecule has 0 unspecified atom stereocenters. The summed E-state index contributed by atoms with van der Waals surface area (Å²) in [6.07, 6.45) is 1.70. The Morgan fingerprint density at radius 3 is 2.60 bits per heavy atom. The van der Waals surface area contributed by atoms with Crippen molar-refractivity contribution >= 4 is 17.8 Å². The lowest BCUT2D eigenvalue weighted by Crippen LogP contribution is -2.42. The van der Waals surface area contributed by atoms with Gasteiger partial charge in [0.15, 0.2) is 0 Å². The maximum Gasteiger partial charge on any atom is 0.308 e. The van der Waals surface area contributed by atoms with Crippen LogP contribution in [0.4, 0.5) is 0 Å². The van der Waals surface area contributed by atoms with Crippen LogP contribution in [0.2, 0.25) is 0 Å². The molecule has 1 aromatic rings. The number of piperidine rings is 1. The second kappa shape index (κ2) is 9.17. The predicted molar refractivity (Wildman–Crippen MR) is 91.3 cm³/mol. The molecule has 2 amide bonds. The Labute approximate surface area is 147 Å². The van der Waals surface area contributed by atoms with Gasteiger partial charge < -0.3 is 19.7 Å². The molecule has 1 fully saturated rings. The number of nitrogens with zero attached hydrogens (tertiary/aromatic N) is 1. The lowest BCUT2D eigenvalue weighted by atomic mass is 9.96. The van der Waals surface area contributed by atoms with Gasteiger partial charge in [-0.1, -0.05) is 6.07 Å². The van der Waals surface area contributed by atoms with E-state index in [1.54, 1.807) is 29.2 Å². The molecule has 25 heavy (non-hydrogen) atoms. The van der Waals surface area contributed by atoms with Crippen molar-refractivity contribution in [3.63, 3.8) is 0 Å². The number of benzene rings is 1. The molecule has 1 N–H and O–H groups in total. The summed E-state index contributed by atoms with van der Waals surface area (Å²) in [4.78, 5) is 36.8. The summed E-state index contributed by atoms with van der Waals surface area (Å²) in [5.74, 6) is 0.0730. The zero-order valence-corrected chi connectivity index (χ0v) is 14.6. The van der Waals surface area contributed by atoms with E-state index in [2.05, 4.69) is 5.32 Å². The van der Waals surface area contributed by atoms with Gasteiger partial charge in [0, 0.05) is 39.2 Å². The summed E-state index contributed by atoms with van der Waals surface area (Å²) < 4.78 is 9.85. The molecule has 0 aromatic heterocycles. The fourth-order valence-corrected chi connectivity index (χ4v) is 2.81. The number of amides is 2. The number of carbonyl (C=O) groups excluding carboxylic acids is 3. The Bertz CT molecular complexity index is 624. The van der Waals surface area contributed by atoms with Gasteiger partial charge in [0.25, 0.3) is 5.91 Å². The molecule has 0 spiro atoms. The number of carbonyl (C=O) groups is 3. The van der Waals surface area contributed by atoms with Crippen LogP contribution in [0, 0.1) is 5.92 Å². The first-order valence-electron chi connectivity index (χ1n) is 8.33. The number of ether oxygens (including phenoxy) is 2. The van der Waals surface area contributed by atoms with Crippen molar-refractivity contribution in [2.24, 2.45) is 5.92 Å². The van der Waals surface area contributed by atoms with Crippen LogP contribution >= 0.6 is 0 Å². The molecule has 0 bridgehead atoms. The Morgan fingerprint density at radius 1 is 1.24 bits per heavy atom. The van der Waals surface area contributed by atoms with Crippen LogP contribution in [0.25, 0.3) is 0 Å². The standard InChI is InChI=1S/C18H24N2O5/c1-13(21)25-16-5-3-4-15(10-16)18(23)19-11-14-6-8-20(9-7-14)17(22)12-24-2/h3-5,10,14H,6-9,11-12H2,1-2H3,(H,19,23). The molecule has 0 atom stereocenters. The van der Waals surface area contributed by atoms with Gasteiger partial charge in [-0.05, 0) is 37.0 Å². The molecule has 7 nitrogen and oxygen atoms in total. The van der Waals surface area contributed by atoms with E-state index in [1.165, 1.54) is 14.0 Å². The number of nitrogens with one attached hydrogen (secondary N) is 1. The molecule has 1 aliphatic heterocycles. The number of methoxy groups -OCH3 is 1. The van der Waals surface area contributed by atoms with Crippen LogP contribution in [0.15, 0.2) is 24.3 Å². The Hall–Kier alpha value is -2.41. The summed E-state index contributed by atoms with van der Waals surface area (Å²) >= 11 is 0. The number of hydrogen-bond donors (Lipinski definition) is 1. The highest BCUT2D eigenvalue weighted by atomic mass is 16.5. The Morgan fingerprint density at radius 2 is 1.96 bits per heavy atom. The van der Waals surface area contributed by atoms with Crippen molar-refractivity contribution in [1.82, 2.24) is 10.2 Å². The number of hydrogen-bond acceptors (Lipinski definition) is 5. The monoisotopic (exact) mass is 348 g/mol. The van der Waals surface area contributed by atoms with Gasteiger partial charge in [-0.25, -0.2) is 0 Å². The van der Waals surface area contributed by atoms with Crippen molar-refractivity contribution in [2.45, 2.75) is 19.8 Å². The van der Waals surface area contributed by atoms with Gasteiger partial charge >= 0.3 is 5.97 Å². The van der Waals surface area contributed by atoms with E-state index < -0.39 is 5.97 Å². The molecule has 1 saturated heterocycles. The van der Waals surface area contributed by atoms with Gasteiger partial charge in [0.2, 0.25) is 5.91 Å². The fourth-order valence-electron chi connectivity index (χ4n) is 2.81. The quantitative estimate of drug-likeness (QED) is 0.617. The minimum atomic E-state index is -0.424. The average Bonchev–Trinajstić information content (AvgIpc) is 2.60. The summed E-state index contributed by atoms with van der Waals surface area (Å²) in [6, 6.07) is 6.52. The van der Waals surface area contributed by atoms with Crippen LogP contribution in [-0.2, 0) is 14.3 Å². The highest BCUT2D eigenvalue weighted by Crippen LogP contribution is 2.17. The summed E-state index contributed by atoms with van der Waals surface area (Å²) in [5, 5.41) is 2.91. The molecule has 0 radical (unpaired) electrons. The maximum absolute atomic E-state index is 12.3. The number of rotatable bonds is 6. The van der Waals surface area contributed by atoms with Crippen molar-refractivity contribution in [2.75, 3.05) is 33.4 Å². The van der Waals surface area contributed by atoms with E-state index in [1.807, 2.05) is 0 Å². The first-order chi connectivity index (χ1) is 12.0. The van der Waals surface area contributed by atoms with Crippen LogP contribution < -0.4 is 10.1 Å². The second-order valence-electron chi connectivity index (χ2n) is 6.09. The molecular formula is C18H24N2O5. The normalized spacial score (nSPS) is 14.9. The highest BCUT2D eigenvalue weighted by Gasteiger charge is 2.23. The summed E-state index contributed by atoms with van der Waals surface area (Å²) in [7, 11) is 1.51. The SMILES string of the molecule is COCC(=O)N1CCC(CNC(=O)c2cccc(OC(C)=O)c2)CC1. The van der Waals surface area contributed by atoms with Crippen LogP contribution in [0.1, 0.15) is 30.1 Å². The fraction of sp³-hybridized carbons (Fsp3) is 0.500. The summed E-state index contributed by atoms with van der Waals surface area (Å²) in [5.41, 5.74) is 0.450. The average molecular weight is 348 g/mol. The van der Waals surface area contributed by atoms with Gasteiger partial charge in [0.05, 0.1) is 0 Å². The molecular weight excluding hydrogens is 324 g/mol. The van der Waals surface area contributed by atoms with Crippen molar-refractivity contribution < 1.29 is 23.9 Å². The minimum absolute atomic E-state index is 0.00673. The van der Waals surface area contributed by atoms with E-state index in [0.717, 1.165) is 12.8 Å². The van der Waals surface area contributed by atoms with Crippen LogP contribution in [0.5, 0.6) is 5.75 Å². The third-order valence-corrected chi connectivity index (χ3v) is 4.14. The van der Waals surface area contributed by atoms with Crippen LogP contribution in [-0.4, -0.2) is 56.0 Å². The van der Waals surface area contributed by atoms with E-state index in [4.69, 9.17) is 9.47 Å². The molecule has 1 heterocycles. The predicted octanol–water partition coefficient (Wildman–Crippen LogP) is 1.23. The second-order valence-corrected chi connectivity index (χ2v) is 6.09. The topological polar surface area (TPSA) is 84.9 Å². The molecule has 1 aromatic carbocycles. The molecule has 136 valence electrons. The van der Waals surface area contributed by atoms with Crippen molar-refractivity contribution in [3.05, 3.63) is 29.8 Å². The third kappa shape index (κ3) is 5.86. The van der Waals surface area contributed by atoms with Gasteiger partial charge in [-0.15, -0.1) is 0 Å². The number of esters is 1. The highest BCUT2D eigenvalue weighted by molar-refractivity contribution is 5.94. The third-order valence-electron chi connectivity index (χ3n) is 4.14. The van der Waals surface area contributed by atoms with E-state index in [-0.39, 0.29) is 18.4 Å². The zero-order valence-electron chi connectivity index (χ0n) is 14.6. The largest absolute Gasteiger partial charge is 0.427 e. The molecule has 7 heteroatoms. The van der Waals surface area contributed by atoms with E-state index >= 15 is 0 Å².